The Morgan fingerprint density at radius 1 is 0.903 bits per heavy atom. The number of methoxy groups -OCH3 is 1. The van der Waals surface area contributed by atoms with E-state index in [2.05, 4.69) is 10.6 Å². The Hall–Kier alpha value is -3.54. The predicted octanol–water partition coefficient (Wildman–Crippen LogP) is 5.34. The van der Waals surface area contributed by atoms with Gasteiger partial charge >= 0.3 is 0 Å². The first kappa shape index (κ1) is 22.2. The fraction of sp³-hybridized carbons (Fsp3) is 0.280. The summed E-state index contributed by atoms with van der Waals surface area (Å²) in [6, 6.07) is 16.7. The van der Waals surface area contributed by atoms with E-state index in [0.29, 0.717) is 16.9 Å². The molecule has 2 aromatic carbocycles. The van der Waals surface area contributed by atoms with Crippen LogP contribution in [0.3, 0.4) is 0 Å². The third kappa shape index (κ3) is 4.97. The second kappa shape index (κ2) is 8.68. The first-order valence-corrected chi connectivity index (χ1v) is 10.2. The standard InChI is InChI=1S/C25H29N3O3/c1-16-13-22(17(2)28(16)20-11-8-12-21(15-20)31-6)23(29)26-18-9-7-10-19(14-18)27-24(30)25(3,4)5/h7-15H,1-6H3,(H,26,29)(H,27,30). The molecule has 1 heterocycles. The summed E-state index contributed by atoms with van der Waals surface area (Å²) in [4.78, 5) is 25.3. The lowest BCUT2D eigenvalue weighted by Crippen LogP contribution is -2.27. The quantitative estimate of drug-likeness (QED) is 0.586. The van der Waals surface area contributed by atoms with Crippen molar-refractivity contribution in [3.05, 3.63) is 71.5 Å². The number of hydrogen-bond acceptors (Lipinski definition) is 3. The van der Waals surface area contributed by atoms with Gasteiger partial charge in [-0.15, -0.1) is 0 Å². The van der Waals surface area contributed by atoms with Crippen LogP contribution in [-0.2, 0) is 4.79 Å². The van der Waals surface area contributed by atoms with Crippen LogP contribution < -0.4 is 15.4 Å². The van der Waals surface area contributed by atoms with E-state index in [1.807, 2.05) is 69.5 Å². The van der Waals surface area contributed by atoms with Gasteiger partial charge < -0.3 is 19.9 Å². The number of nitrogens with one attached hydrogen (secondary N) is 2. The van der Waals surface area contributed by atoms with Gasteiger partial charge in [0, 0.05) is 39.9 Å². The van der Waals surface area contributed by atoms with E-state index in [9.17, 15) is 9.59 Å². The number of anilines is 2. The average Bonchev–Trinajstić information content (AvgIpc) is 3.01. The van der Waals surface area contributed by atoms with Crippen LogP contribution >= 0.6 is 0 Å². The van der Waals surface area contributed by atoms with Crippen molar-refractivity contribution in [2.24, 2.45) is 5.41 Å². The van der Waals surface area contributed by atoms with Gasteiger partial charge in [-0.05, 0) is 50.2 Å². The molecular formula is C25H29N3O3. The van der Waals surface area contributed by atoms with Gasteiger partial charge in [-0.1, -0.05) is 32.9 Å². The summed E-state index contributed by atoms with van der Waals surface area (Å²) in [6.07, 6.45) is 0. The summed E-state index contributed by atoms with van der Waals surface area (Å²) in [6.45, 7) is 9.44. The second-order valence-corrected chi connectivity index (χ2v) is 8.56. The number of hydrogen-bond donors (Lipinski definition) is 2. The first-order chi connectivity index (χ1) is 14.6. The third-order valence-corrected chi connectivity index (χ3v) is 5.05. The van der Waals surface area contributed by atoms with E-state index >= 15 is 0 Å². The highest BCUT2D eigenvalue weighted by atomic mass is 16.5. The summed E-state index contributed by atoms with van der Waals surface area (Å²) < 4.78 is 7.35. The minimum atomic E-state index is -0.503. The van der Waals surface area contributed by atoms with E-state index in [1.54, 1.807) is 31.4 Å². The topological polar surface area (TPSA) is 72.4 Å². The van der Waals surface area contributed by atoms with E-state index in [1.165, 1.54) is 0 Å². The van der Waals surface area contributed by atoms with Crippen LogP contribution in [0.4, 0.5) is 11.4 Å². The van der Waals surface area contributed by atoms with Gasteiger partial charge in [0.2, 0.25) is 5.91 Å². The summed E-state index contributed by atoms with van der Waals surface area (Å²) in [5.74, 6) is 0.462. The minimum Gasteiger partial charge on any atom is -0.497 e. The van der Waals surface area contributed by atoms with Crippen molar-refractivity contribution in [1.82, 2.24) is 4.57 Å². The van der Waals surface area contributed by atoms with Gasteiger partial charge in [-0.25, -0.2) is 0 Å². The minimum absolute atomic E-state index is 0.0854. The zero-order valence-corrected chi connectivity index (χ0v) is 18.9. The Labute approximate surface area is 183 Å². The van der Waals surface area contributed by atoms with Crippen molar-refractivity contribution in [3.63, 3.8) is 0 Å². The Morgan fingerprint density at radius 2 is 1.55 bits per heavy atom. The van der Waals surface area contributed by atoms with Crippen molar-refractivity contribution in [3.8, 4) is 11.4 Å². The van der Waals surface area contributed by atoms with Crippen LogP contribution in [0.2, 0.25) is 0 Å². The Balaban J connectivity index is 1.83. The smallest absolute Gasteiger partial charge is 0.257 e. The summed E-state index contributed by atoms with van der Waals surface area (Å²) in [7, 11) is 1.63. The predicted molar refractivity (Wildman–Crippen MR) is 124 cm³/mol. The number of nitrogens with zero attached hydrogens (tertiary/aromatic N) is 1. The molecule has 0 saturated carbocycles. The summed E-state index contributed by atoms with van der Waals surface area (Å²) >= 11 is 0. The summed E-state index contributed by atoms with van der Waals surface area (Å²) in [5, 5.41) is 5.82. The highest BCUT2D eigenvalue weighted by molar-refractivity contribution is 6.06. The lowest BCUT2D eigenvalue weighted by molar-refractivity contribution is -0.123. The van der Waals surface area contributed by atoms with Crippen molar-refractivity contribution in [2.75, 3.05) is 17.7 Å². The number of aryl methyl sites for hydroxylation is 1. The van der Waals surface area contributed by atoms with Crippen LogP contribution in [-0.4, -0.2) is 23.5 Å². The highest BCUT2D eigenvalue weighted by Gasteiger charge is 2.21. The number of amides is 2. The average molecular weight is 420 g/mol. The monoisotopic (exact) mass is 419 g/mol. The number of carbonyl (C=O) groups is 2. The Morgan fingerprint density at radius 3 is 2.19 bits per heavy atom. The van der Waals surface area contributed by atoms with Gasteiger partial charge in [-0.3, -0.25) is 9.59 Å². The van der Waals surface area contributed by atoms with Gasteiger partial charge in [0.05, 0.1) is 12.7 Å². The van der Waals surface area contributed by atoms with Crippen LogP contribution in [0.1, 0.15) is 42.5 Å². The zero-order chi connectivity index (χ0) is 22.8. The van der Waals surface area contributed by atoms with Gasteiger partial charge in [-0.2, -0.15) is 0 Å². The SMILES string of the molecule is COc1cccc(-n2c(C)cc(C(=O)Nc3cccc(NC(=O)C(C)(C)C)c3)c2C)c1. The molecule has 3 rings (SSSR count). The fourth-order valence-corrected chi connectivity index (χ4v) is 3.33. The zero-order valence-electron chi connectivity index (χ0n) is 18.9. The molecule has 6 heteroatoms. The van der Waals surface area contributed by atoms with Gasteiger partial charge in [0.25, 0.3) is 5.91 Å². The lowest BCUT2D eigenvalue weighted by Gasteiger charge is -2.18. The molecule has 0 unspecified atom stereocenters. The Bertz CT molecular complexity index is 1120. The van der Waals surface area contributed by atoms with Crippen LogP contribution in [0.15, 0.2) is 54.6 Å². The maximum Gasteiger partial charge on any atom is 0.257 e. The molecule has 1 aromatic heterocycles. The van der Waals surface area contributed by atoms with E-state index in [0.717, 1.165) is 22.8 Å². The van der Waals surface area contributed by atoms with Gasteiger partial charge in [0.1, 0.15) is 5.75 Å². The maximum atomic E-state index is 13.0. The number of ether oxygens (including phenoxy) is 1. The largest absolute Gasteiger partial charge is 0.497 e. The normalized spacial score (nSPS) is 11.2. The third-order valence-electron chi connectivity index (χ3n) is 5.05. The molecule has 3 aromatic rings. The molecule has 162 valence electrons. The molecule has 6 nitrogen and oxygen atoms in total. The van der Waals surface area contributed by atoms with Crippen LogP contribution in [0, 0.1) is 19.3 Å². The molecule has 31 heavy (non-hydrogen) atoms. The summed E-state index contributed by atoms with van der Waals surface area (Å²) in [5.41, 5.74) is 4.05. The molecule has 0 bridgehead atoms. The molecule has 0 aliphatic carbocycles. The van der Waals surface area contributed by atoms with E-state index in [-0.39, 0.29) is 11.8 Å². The molecule has 0 fully saturated rings. The number of carbonyl (C=O) groups excluding carboxylic acids is 2. The van der Waals surface area contributed by atoms with Crippen molar-refractivity contribution >= 4 is 23.2 Å². The van der Waals surface area contributed by atoms with Crippen molar-refractivity contribution < 1.29 is 14.3 Å². The molecule has 0 spiro atoms. The molecule has 0 aliphatic rings. The second-order valence-electron chi connectivity index (χ2n) is 8.56. The Kier molecular flexibility index (Phi) is 6.20. The lowest BCUT2D eigenvalue weighted by atomic mass is 9.95. The fourth-order valence-electron chi connectivity index (χ4n) is 3.33. The molecule has 2 N–H and O–H groups in total. The van der Waals surface area contributed by atoms with Gasteiger partial charge in [0.15, 0.2) is 0 Å². The highest BCUT2D eigenvalue weighted by Crippen LogP contribution is 2.25. The van der Waals surface area contributed by atoms with Crippen LogP contribution in [0.5, 0.6) is 5.75 Å². The number of aromatic nitrogens is 1. The van der Waals surface area contributed by atoms with Crippen molar-refractivity contribution in [2.45, 2.75) is 34.6 Å². The number of benzene rings is 2. The van der Waals surface area contributed by atoms with Crippen molar-refractivity contribution in [1.29, 1.82) is 0 Å². The molecule has 0 radical (unpaired) electrons. The molecule has 0 aliphatic heterocycles. The van der Waals surface area contributed by atoms with E-state index < -0.39 is 5.41 Å². The number of rotatable bonds is 5. The van der Waals surface area contributed by atoms with E-state index in [4.69, 9.17) is 4.74 Å². The molecule has 0 atom stereocenters. The first-order valence-electron chi connectivity index (χ1n) is 10.2. The molecule has 0 saturated heterocycles. The molecule has 2 amide bonds. The maximum absolute atomic E-state index is 13.0. The van der Waals surface area contributed by atoms with Crippen LogP contribution in [0.25, 0.3) is 5.69 Å². The molecular weight excluding hydrogens is 390 g/mol.